The Kier molecular flexibility index (Phi) is 16.9. The third-order valence-corrected chi connectivity index (χ3v) is 1.26. The fourth-order valence-corrected chi connectivity index (χ4v) is 0.258. The molecule has 0 amide bonds. The molecule has 0 unspecified atom stereocenters. The SMILES string of the molecule is CCCC(O)O.C[C@@H](O)C(=O)O.C[C@H](O)C(=O)O. The number of carbonyl (C=O) groups is 2. The highest BCUT2D eigenvalue weighted by Crippen LogP contribution is 1.88. The maximum Gasteiger partial charge on any atom is 0.332 e. The van der Waals surface area contributed by atoms with Crippen LogP contribution in [0.1, 0.15) is 33.6 Å². The summed E-state index contributed by atoms with van der Waals surface area (Å²) >= 11 is 0. The minimum atomic E-state index is -1.23. The van der Waals surface area contributed by atoms with E-state index in [9.17, 15) is 9.59 Å². The molecule has 0 saturated heterocycles. The molecule has 0 aliphatic heterocycles. The van der Waals surface area contributed by atoms with E-state index >= 15 is 0 Å². The molecule has 0 spiro atoms. The van der Waals surface area contributed by atoms with Crippen molar-refractivity contribution in [3.05, 3.63) is 0 Å². The third kappa shape index (κ3) is 29.3. The molecule has 0 aliphatic rings. The zero-order valence-electron chi connectivity index (χ0n) is 10.6. The summed E-state index contributed by atoms with van der Waals surface area (Å²) in [7, 11) is 0. The molecule has 0 aromatic rings. The zero-order chi connectivity index (χ0) is 15.3. The Labute approximate surface area is 105 Å². The lowest BCUT2D eigenvalue weighted by Crippen LogP contribution is -2.13. The van der Waals surface area contributed by atoms with Gasteiger partial charge in [0.15, 0.2) is 6.29 Å². The Morgan fingerprint density at radius 2 is 1.11 bits per heavy atom. The molecule has 0 aromatic carbocycles. The first-order chi connectivity index (χ1) is 8.06. The monoisotopic (exact) mass is 270 g/mol. The largest absolute Gasteiger partial charge is 0.479 e. The van der Waals surface area contributed by atoms with Crippen LogP contribution < -0.4 is 0 Å². The van der Waals surface area contributed by atoms with Gasteiger partial charge >= 0.3 is 11.9 Å². The number of hydrogen-bond donors (Lipinski definition) is 6. The van der Waals surface area contributed by atoms with Crippen LogP contribution >= 0.6 is 0 Å². The van der Waals surface area contributed by atoms with Crippen LogP contribution in [0.2, 0.25) is 0 Å². The number of aliphatic hydroxyl groups excluding tert-OH is 3. The third-order valence-electron chi connectivity index (χ3n) is 1.26. The number of aliphatic carboxylic acids is 2. The second kappa shape index (κ2) is 13.8. The standard InChI is InChI=1S/C4H10O2.2C3H6O3/c1-2-3-4(5)6;2*1-2(4)3(5)6/h4-6H,2-3H2,1H3;2*2,4H,1H3,(H,5,6)/t;2*2-/m.10/s1. The summed E-state index contributed by atoms with van der Waals surface area (Å²) in [6, 6.07) is 0. The van der Waals surface area contributed by atoms with Gasteiger partial charge in [0.05, 0.1) is 0 Å². The summed E-state index contributed by atoms with van der Waals surface area (Å²) in [6.45, 7) is 4.30. The van der Waals surface area contributed by atoms with Gasteiger partial charge in [-0.05, 0) is 20.3 Å². The van der Waals surface area contributed by atoms with Crippen LogP contribution in [0, 0.1) is 0 Å². The molecule has 8 nitrogen and oxygen atoms in total. The molecule has 0 aromatic heterocycles. The first-order valence-electron chi connectivity index (χ1n) is 5.24. The molecule has 0 aliphatic carbocycles. The summed E-state index contributed by atoms with van der Waals surface area (Å²) in [4.78, 5) is 18.9. The van der Waals surface area contributed by atoms with Crippen molar-refractivity contribution in [2.24, 2.45) is 0 Å². The molecule has 110 valence electrons. The van der Waals surface area contributed by atoms with Crippen molar-refractivity contribution in [3.63, 3.8) is 0 Å². The molecule has 18 heavy (non-hydrogen) atoms. The van der Waals surface area contributed by atoms with Gasteiger partial charge in [-0.3, -0.25) is 0 Å². The average molecular weight is 270 g/mol. The van der Waals surface area contributed by atoms with E-state index in [1.165, 1.54) is 13.8 Å². The van der Waals surface area contributed by atoms with Crippen LogP contribution in [0.4, 0.5) is 0 Å². The van der Waals surface area contributed by atoms with Gasteiger partial charge in [0.25, 0.3) is 0 Å². The van der Waals surface area contributed by atoms with Gasteiger partial charge in [-0.15, -0.1) is 0 Å². The Bertz CT molecular complexity index is 194. The van der Waals surface area contributed by atoms with Gasteiger partial charge < -0.3 is 30.6 Å². The molecule has 0 heterocycles. The van der Waals surface area contributed by atoms with E-state index in [1.807, 2.05) is 6.92 Å². The van der Waals surface area contributed by atoms with Crippen LogP contribution in [0.5, 0.6) is 0 Å². The molecule has 0 saturated carbocycles. The first-order valence-corrected chi connectivity index (χ1v) is 5.24. The van der Waals surface area contributed by atoms with Crippen LogP contribution in [-0.4, -0.2) is 61.1 Å². The van der Waals surface area contributed by atoms with Crippen molar-refractivity contribution < 1.29 is 40.2 Å². The summed E-state index contributed by atoms with van der Waals surface area (Å²) < 4.78 is 0. The lowest BCUT2D eigenvalue weighted by Gasteiger charge is -1.94. The average Bonchev–Trinajstić information content (AvgIpc) is 2.18. The van der Waals surface area contributed by atoms with E-state index in [0.717, 1.165) is 6.42 Å². The normalized spacial score (nSPS) is 12.4. The molecule has 0 fully saturated rings. The molecular weight excluding hydrogens is 248 g/mol. The second-order valence-corrected chi connectivity index (χ2v) is 3.30. The number of rotatable bonds is 4. The van der Waals surface area contributed by atoms with Gasteiger partial charge in [-0.1, -0.05) is 13.3 Å². The number of aliphatic hydroxyl groups is 4. The van der Waals surface area contributed by atoms with Crippen molar-refractivity contribution in [3.8, 4) is 0 Å². The van der Waals surface area contributed by atoms with Gasteiger partial charge in [0, 0.05) is 0 Å². The molecule has 0 bridgehead atoms. The van der Waals surface area contributed by atoms with E-state index in [2.05, 4.69) is 0 Å². The van der Waals surface area contributed by atoms with Crippen LogP contribution in [0.25, 0.3) is 0 Å². The topological polar surface area (TPSA) is 156 Å². The highest BCUT2D eigenvalue weighted by atomic mass is 16.5. The van der Waals surface area contributed by atoms with Gasteiger partial charge in [-0.2, -0.15) is 0 Å². The Balaban J connectivity index is -0.000000187. The number of carboxylic acid groups (broad SMARTS) is 2. The number of hydrogen-bond acceptors (Lipinski definition) is 6. The molecule has 0 rings (SSSR count). The fraction of sp³-hybridized carbons (Fsp3) is 0.800. The maximum absolute atomic E-state index is 9.45. The van der Waals surface area contributed by atoms with Crippen molar-refractivity contribution in [2.75, 3.05) is 0 Å². The Morgan fingerprint density at radius 1 is 0.889 bits per heavy atom. The van der Waals surface area contributed by atoms with E-state index in [0.29, 0.717) is 6.42 Å². The second-order valence-electron chi connectivity index (χ2n) is 3.30. The van der Waals surface area contributed by atoms with Gasteiger partial charge in [0.1, 0.15) is 12.2 Å². The molecular formula is C10H22O8. The molecule has 2 atom stereocenters. The zero-order valence-corrected chi connectivity index (χ0v) is 10.6. The molecule has 6 N–H and O–H groups in total. The lowest BCUT2D eigenvalue weighted by atomic mass is 10.3. The molecule has 0 radical (unpaired) electrons. The van der Waals surface area contributed by atoms with Gasteiger partial charge in [0.2, 0.25) is 0 Å². The lowest BCUT2D eigenvalue weighted by molar-refractivity contribution is -0.146. The summed E-state index contributed by atoms with van der Waals surface area (Å²) in [5, 5.41) is 47.8. The minimum Gasteiger partial charge on any atom is -0.479 e. The summed E-state index contributed by atoms with van der Waals surface area (Å²) in [5.41, 5.74) is 0. The van der Waals surface area contributed by atoms with Crippen LogP contribution in [-0.2, 0) is 9.59 Å². The van der Waals surface area contributed by atoms with Crippen LogP contribution in [0.15, 0.2) is 0 Å². The maximum atomic E-state index is 9.45. The fourth-order valence-electron chi connectivity index (χ4n) is 0.258. The van der Waals surface area contributed by atoms with E-state index in [4.69, 9.17) is 30.6 Å². The highest BCUT2D eigenvalue weighted by molar-refractivity contribution is 5.71. The predicted octanol–water partition coefficient (Wildman–Crippen LogP) is -0.999. The predicted molar refractivity (Wildman–Crippen MR) is 61.8 cm³/mol. The minimum absolute atomic E-state index is 0.486. The van der Waals surface area contributed by atoms with E-state index < -0.39 is 30.4 Å². The van der Waals surface area contributed by atoms with Gasteiger partial charge in [-0.25, -0.2) is 9.59 Å². The number of carboxylic acids is 2. The van der Waals surface area contributed by atoms with Crippen molar-refractivity contribution in [1.82, 2.24) is 0 Å². The van der Waals surface area contributed by atoms with Crippen LogP contribution in [0.3, 0.4) is 0 Å². The van der Waals surface area contributed by atoms with Crippen molar-refractivity contribution in [2.45, 2.75) is 52.1 Å². The van der Waals surface area contributed by atoms with E-state index in [1.54, 1.807) is 0 Å². The first kappa shape index (κ1) is 22.0. The van der Waals surface area contributed by atoms with E-state index in [-0.39, 0.29) is 0 Å². The summed E-state index contributed by atoms with van der Waals surface area (Å²) in [6.07, 6.45) is -2.25. The quantitative estimate of drug-likeness (QED) is 0.355. The van der Waals surface area contributed by atoms with Crippen molar-refractivity contribution >= 4 is 11.9 Å². The molecule has 8 heteroatoms. The Hall–Kier alpha value is -1.22. The van der Waals surface area contributed by atoms with Crippen molar-refractivity contribution in [1.29, 1.82) is 0 Å². The Morgan fingerprint density at radius 3 is 1.11 bits per heavy atom. The summed E-state index contributed by atoms with van der Waals surface area (Å²) in [5.74, 6) is -2.37. The highest BCUT2D eigenvalue weighted by Gasteiger charge is 2.02. The smallest absolute Gasteiger partial charge is 0.332 e.